The minimum atomic E-state index is -1.06. The van der Waals surface area contributed by atoms with Crippen LogP contribution in [0.3, 0.4) is 0 Å². The third-order valence-corrected chi connectivity index (χ3v) is 14.2. The zero-order chi connectivity index (χ0) is 45.1. The first kappa shape index (κ1) is 42.7. The molecule has 2 bridgehead atoms. The maximum Gasteiger partial charge on any atom is 0.280 e. The lowest BCUT2D eigenvalue weighted by atomic mass is 9.71. The van der Waals surface area contributed by atoms with Gasteiger partial charge < -0.3 is 24.8 Å². The number of amides is 4. The van der Waals surface area contributed by atoms with Crippen molar-refractivity contribution in [2.45, 2.75) is 71.3 Å². The van der Waals surface area contributed by atoms with Crippen LogP contribution in [0.2, 0.25) is 0 Å². The average Bonchev–Trinajstić information content (AvgIpc) is 3.99. The van der Waals surface area contributed by atoms with E-state index in [1.54, 1.807) is 23.0 Å². The van der Waals surface area contributed by atoms with Crippen LogP contribution in [-0.4, -0.2) is 107 Å². The molecule has 1 spiro atoms. The summed E-state index contributed by atoms with van der Waals surface area (Å²) in [6, 6.07) is 12.4. The number of anilines is 3. The summed E-state index contributed by atoms with van der Waals surface area (Å²) in [6.07, 6.45) is 6.00. The highest BCUT2D eigenvalue weighted by molar-refractivity contribution is 6.19. The molecule has 4 fully saturated rings. The number of halogens is 2. The molecule has 4 aromatic rings. The minimum Gasteiger partial charge on any atom is -0.477 e. The summed E-state index contributed by atoms with van der Waals surface area (Å²) in [6.45, 7) is 10.2. The molecule has 2 aromatic carbocycles. The molecule has 17 heteroatoms. The molecule has 2 N–H and O–H groups in total. The first-order chi connectivity index (χ1) is 31.3. The number of hydrogen-bond acceptors (Lipinski definition) is 11. The van der Waals surface area contributed by atoms with Gasteiger partial charge in [0.1, 0.15) is 11.6 Å². The zero-order valence-corrected chi connectivity index (χ0v) is 37.0. The molecule has 6 aliphatic rings. The number of carbonyl (C=O) groups excluding carboxylic acids is 4. The van der Waals surface area contributed by atoms with Crippen molar-refractivity contribution in [3.05, 3.63) is 82.7 Å². The number of aryl methyl sites for hydroxylation is 2. The largest absolute Gasteiger partial charge is 0.477 e. The number of benzene rings is 2. The van der Waals surface area contributed by atoms with Crippen molar-refractivity contribution < 1.29 is 32.7 Å². The van der Waals surface area contributed by atoms with E-state index in [-0.39, 0.29) is 47.5 Å². The standard InChI is InChI=1S/C48H54F2N10O5/c1-28-5-4-16-65-46-35(22-51-56(46)3)39-19-32(17-29(2)52-39)43(62)55-47-53-38-8-6-30(18-40(38)60(47)23-28)24-57-26-48(27-57)11-14-58(15-12-48)45(64)31-10-13-59(25-31)33-20-36(49)42(37(50)21-33)34-7-9-41(61)54-44(34)63/h6,8,17-22,28,31,34H,4-5,7,9-16,23-27H2,1-3H3,(H,53,55,62)(H,54,61,63)/t28-,31-,34-/m1/s1. The number of carbonyl (C=O) groups is 4. The van der Waals surface area contributed by atoms with Gasteiger partial charge in [-0.2, -0.15) is 10.1 Å². The Morgan fingerprint density at radius 3 is 2.51 bits per heavy atom. The predicted octanol–water partition coefficient (Wildman–Crippen LogP) is 5.78. The number of fused-ring (bicyclic) bond motifs is 7. The normalized spacial score (nSPS) is 24.1. The molecule has 6 aliphatic heterocycles. The first-order valence-electron chi connectivity index (χ1n) is 22.8. The number of aliphatic imine (C=N–C) groups is 1. The van der Waals surface area contributed by atoms with Crippen LogP contribution in [0.15, 0.2) is 53.7 Å². The Kier molecular flexibility index (Phi) is 11.1. The van der Waals surface area contributed by atoms with Gasteiger partial charge in [-0.1, -0.05) is 13.0 Å². The fraction of sp³-hybridized carbons (Fsp3) is 0.479. The van der Waals surface area contributed by atoms with E-state index in [0.29, 0.717) is 80.2 Å². The Balaban J connectivity index is 0.756. The fourth-order valence-electron chi connectivity index (χ4n) is 10.7. The predicted molar refractivity (Wildman–Crippen MR) is 240 cm³/mol. The molecule has 10 rings (SSSR count). The van der Waals surface area contributed by atoms with Gasteiger partial charge in [-0.15, -0.1) is 0 Å². The SMILES string of the molecule is Cc1cc2cc(n1)-c1cnn(C)c1OCCC[C@@H](C)CN1/C(=N/C2=O)Nc2ccc(CN3CC4(CCN(C(=O)[C@@H]5CCN(c6cc(F)c([C@H]7CCC(=O)NC7=O)c(F)c6)C5)CC4)C3)cc21. The van der Waals surface area contributed by atoms with Gasteiger partial charge in [0.25, 0.3) is 5.91 Å². The Bertz CT molecular complexity index is 2590. The van der Waals surface area contributed by atoms with E-state index in [9.17, 15) is 19.2 Å². The van der Waals surface area contributed by atoms with Gasteiger partial charge in [0, 0.05) is 88.3 Å². The molecule has 8 heterocycles. The summed E-state index contributed by atoms with van der Waals surface area (Å²) >= 11 is 0. The topological polar surface area (TPSA) is 158 Å². The smallest absolute Gasteiger partial charge is 0.280 e. The number of guanidine groups is 1. The second-order valence-electron chi connectivity index (χ2n) is 19.0. The van der Waals surface area contributed by atoms with Crippen molar-refractivity contribution in [3.8, 4) is 17.1 Å². The molecule has 0 aliphatic carbocycles. The minimum absolute atomic E-state index is 0.0282. The summed E-state index contributed by atoms with van der Waals surface area (Å²) in [5.41, 5.74) is 5.75. The summed E-state index contributed by atoms with van der Waals surface area (Å²) in [5, 5.41) is 10.0. The summed E-state index contributed by atoms with van der Waals surface area (Å²) in [7, 11) is 1.84. The van der Waals surface area contributed by atoms with Crippen molar-refractivity contribution in [3.63, 3.8) is 0 Å². The molecule has 3 atom stereocenters. The quantitative estimate of drug-likeness (QED) is 0.235. The van der Waals surface area contributed by atoms with Crippen LogP contribution in [0.1, 0.15) is 85.0 Å². The van der Waals surface area contributed by atoms with Crippen LogP contribution in [0.25, 0.3) is 11.3 Å². The third kappa shape index (κ3) is 8.34. The van der Waals surface area contributed by atoms with Crippen molar-refractivity contribution in [1.82, 2.24) is 29.9 Å². The third-order valence-electron chi connectivity index (χ3n) is 14.2. The number of piperidine rings is 2. The van der Waals surface area contributed by atoms with Gasteiger partial charge in [0.2, 0.25) is 29.6 Å². The lowest BCUT2D eigenvalue weighted by Crippen LogP contribution is -2.60. The van der Waals surface area contributed by atoms with Crippen LogP contribution >= 0.6 is 0 Å². The van der Waals surface area contributed by atoms with Gasteiger partial charge in [0.15, 0.2) is 0 Å². The van der Waals surface area contributed by atoms with Crippen LogP contribution in [-0.2, 0) is 28.0 Å². The number of imide groups is 1. The van der Waals surface area contributed by atoms with Gasteiger partial charge in [-0.3, -0.25) is 34.4 Å². The van der Waals surface area contributed by atoms with E-state index < -0.39 is 29.4 Å². The first-order valence-corrected chi connectivity index (χ1v) is 22.8. The van der Waals surface area contributed by atoms with E-state index >= 15 is 8.78 Å². The molecule has 65 heavy (non-hydrogen) atoms. The number of pyridine rings is 1. The number of rotatable bonds is 5. The summed E-state index contributed by atoms with van der Waals surface area (Å²) < 4.78 is 38.5. The van der Waals surface area contributed by atoms with Crippen molar-refractivity contribution in [2.75, 3.05) is 67.5 Å². The van der Waals surface area contributed by atoms with Crippen LogP contribution in [0.4, 0.5) is 25.8 Å². The molecule has 4 amide bonds. The molecular weight excluding hydrogens is 835 g/mol. The lowest BCUT2D eigenvalue weighted by molar-refractivity contribution is -0.140. The number of likely N-dealkylation sites (tertiary alicyclic amines) is 2. The van der Waals surface area contributed by atoms with Gasteiger partial charge in [0.05, 0.1) is 47.3 Å². The number of hydrogen-bond donors (Lipinski definition) is 2. The zero-order valence-electron chi connectivity index (χ0n) is 37.0. The maximum atomic E-state index is 15.3. The fourth-order valence-corrected chi connectivity index (χ4v) is 10.7. The Hall–Kier alpha value is -6.23. The van der Waals surface area contributed by atoms with Crippen LogP contribution in [0, 0.1) is 35.8 Å². The Labute approximate surface area is 376 Å². The van der Waals surface area contributed by atoms with E-state index in [2.05, 4.69) is 55.6 Å². The average molecular weight is 889 g/mol. The second kappa shape index (κ2) is 17.0. The lowest BCUT2D eigenvalue weighted by Gasteiger charge is -2.54. The highest BCUT2D eigenvalue weighted by atomic mass is 19.1. The van der Waals surface area contributed by atoms with Gasteiger partial charge in [-0.25, -0.2) is 13.5 Å². The van der Waals surface area contributed by atoms with Crippen molar-refractivity contribution >= 4 is 46.7 Å². The Morgan fingerprint density at radius 2 is 1.74 bits per heavy atom. The maximum absolute atomic E-state index is 15.3. The molecule has 4 saturated heterocycles. The summed E-state index contributed by atoms with van der Waals surface area (Å²) in [5.74, 6) is -2.96. The van der Waals surface area contributed by atoms with Gasteiger partial charge >= 0.3 is 0 Å². The molecule has 0 radical (unpaired) electrons. The second-order valence-corrected chi connectivity index (χ2v) is 19.0. The van der Waals surface area contributed by atoms with E-state index in [1.807, 2.05) is 23.8 Å². The van der Waals surface area contributed by atoms with E-state index in [4.69, 9.17) is 9.72 Å². The summed E-state index contributed by atoms with van der Waals surface area (Å²) in [4.78, 5) is 69.3. The Morgan fingerprint density at radius 1 is 0.954 bits per heavy atom. The van der Waals surface area contributed by atoms with E-state index in [0.717, 1.165) is 62.3 Å². The number of aromatic nitrogens is 3. The monoisotopic (exact) mass is 888 g/mol. The number of ether oxygens (including phenoxy) is 1. The van der Waals surface area contributed by atoms with Crippen LogP contribution < -0.4 is 25.2 Å². The molecular formula is C48H54F2N10O5. The molecule has 2 aromatic heterocycles. The van der Waals surface area contributed by atoms with Gasteiger partial charge in [-0.05, 0) is 98.7 Å². The molecule has 15 nitrogen and oxygen atoms in total. The number of nitrogens with zero attached hydrogens (tertiary/aromatic N) is 8. The highest BCUT2D eigenvalue weighted by Crippen LogP contribution is 2.43. The van der Waals surface area contributed by atoms with Crippen molar-refractivity contribution in [1.29, 1.82) is 0 Å². The highest BCUT2D eigenvalue weighted by Gasteiger charge is 2.46. The number of nitrogens with one attached hydrogen (secondary N) is 2. The van der Waals surface area contributed by atoms with Crippen LogP contribution in [0.5, 0.6) is 5.88 Å². The van der Waals surface area contributed by atoms with Crippen molar-refractivity contribution in [2.24, 2.45) is 29.3 Å². The molecule has 340 valence electrons. The van der Waals surface area contributed by atoms with E-state index in [1.165, 1.54) is 17.7 Å². The molecule has 0 unspecified atom stereocenters. The molecule has 0 saturated carbocycles.